The largest absolute Gasteiger partial charge is 0.315 e. The van der Waals surface area contributed by atoms with Gasteiger partial charge < -0.3 is 5.32 Å². The first-order valence-electron chi connectivity index (χ1n) is 5.69. The predicted molar refractivity (Wildman–Crippen MR) is 76.0 cm³/mol. The second-order valence-corrected chi connectivity index (χ2v) is 7.95. The molecular formula is C12H18ClNS2. The van der Waals surface area contributed by atoms with Crippen molar-refractivity contribution in [3.8, 4) is 0 Å². The highest BCUT2D eigenvalue weighted by atomic mass is 35.5. The zero-order chi connectivity index (χ0) is 11.6. The summed E-state index contributed by atoms with van der Waals surface area (Å²) >= 11 is 9.79. The minimum atomic E-state index is 0.394. The lowest BCUT2D eigenvalue weighted by atomic mass is 9.93. The summed E-state index contributed by atoms with van der Waals surface area (Å²) in [6.07, 6.45) is 3.77. The molecule has 0 spiro atoms. The van der Waals surface area contributed by atoms with Crippen molar-refractivity contribution in [3.63, 3.8) is 0 Å². The number of thioether (sulfide) groups is 1. The SMILES string of the molecule is CNC(Cc1ccc(Cl)s1)C1(C)CCCS1. The second-order valence-electron chi connectivity index (χ2n) is 4.52. The molecule has 1 saturated heterocycles. The fourth-order valence-electron chi connectivity index (χ4n) is 2.36. The van der Waals surface area contributed by atoms with E-state index >= 15 is 0 Å². The first-order chi connectivity index (χ1) is 7.64. The molecule has 0 radical (unpaired) electrons. The van der Waals surface area contributed by atoms with E-state index in [2.05, 4.69) is 37.1 Å². The van der Waals surface area contributed by atoms with E-state index in [9.17, 15) is 0 Å². The molecule has 1 aliphatic heterocycles. The lowest BCUT2D eigenvalue weighted by molar-refractivity contribution is 0.426. The van der Waals surface area contributed by atoms with Gasteiger partial charge in [0.1, 0.15) is 0 Å². The van der Waals surface area contributed by atoms with E-state index in [0.717, 1.165) is 10.8 Å². The summed E-state index contributed by atoms with van der Waals surface area (Å²) in [4.78, 5) is 1.39. The third-order valence-electron chi connectivity index (χ3n) is 3.37. The van der Waals surface area contributed by atoms with Crippen LogP contribution in [-0.2, 0) is 6.42 Å². The van der Waals surface area contributed by atoms with Crippen LogP contribution < -0.4 is 5.32 Å². The van der Waals surface area contributed by atoms with Gasteiger partial charge in [-0.15, -0.1) is 11.3 Å². The quantitative estimate of drug-likeness (QED) is 0.897. The highest BCUT2D eigenvalue weighted by Crippen LogP contribution is 2.41. The Bertz CT molecular complexity index is 345. The summed E-state index contributed by atoms with van der Waals surface area (Å²) in [6, 6.07) is 4.70. The van der Waals surface area contributed by atoms with E-state index in [-0.39, 0.29) is 0 Å². The summed E-state index contributed by atoms with van der Waals surface area (Å²) in [5.74, 6) is 1.31. The fourth-order valence-corrected chi connectivity index (χ4v) is 4.94. The van der Waals surface area contributed by atoms with Crippen LogP contribution in [0.2, 0.25) is 4.34 Å². The minimum absolute atomic E-state index is 0.394. The van der Waals surface area contributed by atoms with Crippen LogP contribution in [0, 0.1) is 0 Å². The van der Waals surface area contributed by atoms with E-state index in [1.165, 1.54) is 23.5 Å². The summed E-state index contributed by atoms with van der Waals surface area (Å²) in [6.45, 7) is 2.39. The fraction of sp³-hybridized carbons (Fsp3) is 0.667. The van der Waals surface area contributed by atoms with Crippen molar-refractivity contribution < 1.29 is 0 Å². The van der Waals surface area contributed by atoms with Crippen LogP contribution in [-0.4, -0.2) is 23.6 Å². The molecule has 0 saturated carbocycles. The molecule has 2 atom stereocenters. The maximum Gasteiger partial charge on any atom is 0.0931 e. The van der Waals surface area contributed by atoms with E-state index in [1.807, 2.05) is 6.07 Å². The van der Waals surface area contributed by atoms with Crippen molar-refractivity contribution in [2.75, 3.05) is 12.8 Å². The molecule has 1 N–H and O–H groups in total. The van der Waals surface area contributed by atoms with Gasteiger partial charge in [0.05, 0.1) is 4.34 Å². The molecule has 4 heteroatoms. The van der Waals surface area contributed by atoms with E-state index in [0.29, 0.717) is 10.8 Å². The molecular weight excluding hydrogens is 258 g/mol. The van der Waals surface area contributed by atoms with Crippen LogP contribution in [0.4, 0.5) is 0 Å². The van der Waals surface area contributed by atoms with E-state index in [1.54, 1.807) is 11.3 Å². The molecule has 0 amide bonds. The summed E-state index contributed by atoms with van der Waals surface area (Å²) in [5.41, 5.74) is 0. The molecule has 1 nitrogen and oxygen atoms in total. The Morgan fingerprint density at radius 1 is 1.56 bits per heavy atom. The highest BCUT2D eigenvalue weighted by Gasteiger charge is 2.37. The van der Waals surface area contributed by atoms with Crippen molar-refractivity contribution in [2.45, 2.75) is 37.0 Å². The minimum Gasteiger partial charge on any atom is -0.315 e. The summed E-state index contributed by atoms with van der Waals surface area (Å²) < 4.78 is 1.29. The molecule has 1 aromatic rings. The number of nitrogens with one attached hydrogen (secondary N) is 1. The van der Waals surface area contributed by atoms with Gasteiger partial charge in [-0.3, -0.25) is 0 Å². The van der Waals surface area contributed by atoms with E-state index < -0.39 is 0 Å². The van der Waals surface area contributed by atoms with Crippen LogP contribution in [0.25, 0.3) is 0 Å². The van der Waals surface area contributed by atoms with Crippen molar-refractivity contribution in [3.05, 3.63) is 21.3 Å². The Morgan fingerprint density at radius 3 is 2.88 bits per heavy atom. The Kier molecular flexibility index (Phi) is 4.22. The van der Waals surface area contributed by atoms with Gasteiger partial charge in [0, 0.05) is 15.7 Å². The van der Waals surface area contributed by atoms with Crippen LogP contribution in [0.1, 0.15) is 24.6 Å². The second kappa shape index (κ2) is 5.30. The Labute approximate surface area is 111 Å². The predicted octanol–water partition coefficient (Wildman–Crippen LogP) is 3.82. The Morgan fingerprint density at radius 2 is 2.38 bits per heavy atom. The molecule has 2 heterocycles. The average molecular weight is 276 g/mol. The number of hydrogen-bond donors (Lipinski definition) is 1. The third-order valence-corrected chi connectivity index (χ3v) is 6.26. The molecule has 0 bridgehead atoms. The molecule has 1 aliphatic rings. The molecule has 90 valence electrons. The molecule has 0 aliphatic carbocycles. The Balaban J connectivity index is 2.05. The molecule has 0 aromatic carbocycles. The molecule has 2 rings (SSSR count). The third kappa shape index (κ3) is 2.76. The Hall–Kier alpha value is 0.300. The van der Waals surface area contributed by atoms with Gasteiger partial charge in [-0.2, -0.15) is 11.8 Å². The van der Waals surface area contributed by atoms with Crippen molar-refractivity contribution >= 4 is 34.7 Å². The van der Waals surface area contributed by atoms with Gasteiger partial charge in [-0.1, -0.05) is 11.6 Å². The lowest BCUT2D eigenvalue weighted by Gasteiger charge is -2.33. The maximum absolute atomic E-state index is 5.97. The van der Waals surface area contributed by atoms with Crippen LogP contribution in [0.15, 0.2) is 12.1 Å². The first kappa shape index (κ1) is 12.7. The van der Waals surface area contributed by atoms with Gasteiger partial charge in [0.25, 0.3) is 0 Å². The zero-order valence-electron chi connectivity index (χ0n) is 9.75. The first-order valence-corrected chi connectivity index (χ1v) is 7.87. The lowest BCUT2D eigenvalue weighted by Crippen LogP contribution is -2.44. The number of rotatable bonds is 4. The van der Waals surface area contributed by atoms with Crippen molar-refractivity contribution in [1.29, 1.82) is 0 Å². The number of hydrogen-bond acceptors (Lipinski definition) is 3. The number of likely N-dealkylation sites (N-methyl/N-ethyl adjacent to an activating group) is 1. The van der Waals surface area contributed by atoms with Crippen molar-refractivity contribution in [1.82, 2.24) is 5.32 Å². The number of halogens is 1. The zero-order valence-corrected chi connectivity index (χ0v) is 12.1. The topological polar surface area (TPSA) is 12.0 Å². The van der Waals surface area contributed by atoms with E-state index in [4.69, 9.17) is 11.6 Å². The van der Waals surface area contributed by atoms with Gasteiger partial charge in [0.15, 0.2) is 0 Å². The molecule has 16 heavy (non-hydrogen) atoms. The monoisotopic (exact) mass is 275 g/mol. The average Bonchev–Trinajstić information content (AvgIpc) is 2.85. The van der Waals surface area contributed by atoms with Crippen LogP contribution in [0.5, 0.6) is 0 Å². The van der Waals surface area contributed by atoms with Crippen molar-refractivity contribution in [2.24, 2.45) is 0 Å². The molecule has 2 unspecified atom stereocenters. The molecule has 1 aromatic heterocycles. The van der Waals surface area contributed by atoms with Gasteiger partial charge >= 0.3 is 0 Å². The highest BCUT2D eigenvalue weighted by molar-refractivity contribution is 8.00. The summed E-state index contributed by atoms with van der Waals surface area (Å²) in [5, 5.41) is 3.48. The van der Waals surface area contributed by atoms with Gasteiger partial charge in [0.2, 0.25) is 0 Å². The summed E-state index contributed by atoms with van der Waals surface area (Å²) in [7, 11) is 2.07. The van der Waals surface area contributed by atoms with Crippen LogP contribution >= 0.6 is 34.7 Å². The number of thiophene rings is 1. The van der Waals surface area contributed by atoms with Crippen LogP contribution in [0.3, 0.4) is 0 Å². The molecule has 1 fully saturated rings. The maximum atomic E-state index is 5.97. The van der Waals surface area contributed by atoms with Gasteiger partial charge in [-0.25, -0.2) is 0 Å². The smallest absolute Gasteiger partial charge is 0.0931 e. The van der Waals surface area contributed by atoms with Gasteiger partial charge in [-0.05, 0) is 51.1 Å². The normalized spacial score (nSPS) is 27.2. The standard InChI is InChI=1S/C12H18ClNS2/c1-12(6-3-7-15-12)10(14-2)8-9-4-5-11(13)16-9/h4-5,10,14H,3,6-8H2,1-2H3.